The number of pyridine rings is 1. The van der Waals surface area contributed by atoms with Crippen molar-refractivity contribution >= 4 is 40.3 Å². The second kappa shape index (κ2) is 7.18. The zero-order valence-corrected chi connectivity index (χ0v) is 14.5. The summed E-state index contributed by atoms with van der Waals surface area (Å²) in [6, 6.07) is 23.4. The van der Waals surface area contributed by atoms with Gasteiger partial charge in [0, 0.05) is 16.6 Å². The van der Waals surface area contributed by atoms with Gasteiger partial charge in [0.15, 0.2) is 0 Å². The van der Waals surface area contributed by atoms with Gasteiger partial charge in [0.05, 0.1) is 0 Å². The molecule has 3 aromatic carbocycles. The summed E-state index contributed by atoms with van der Waals surface area (Å²) >= 11 is 6.40. The molecule has 0 saturated heterocycles. The third kappa shape index (κ3) is 3.28. The smallest absolute Gasteiger partial charge is 0.428 e. The summed E-state index contributed by atoms with van der Waals surface area (Å²) in [6.45, 7) is -0.549. The van der Waals surface area contributed by atoms with Gasteiger partial charge in [-0.2, -0.15) is 0 Å². The predicted molar refractivity (Wildman–Crippen MR) is 105 cm³/mol. The summed E-state index contributed by atoms with van der Waals surface area (Å²) in [5.41, 5.74) is 2.21. The molecule has 0 saturated carbocycles. The first-order valence-electron chi connectivity index (χ1n) is 8.23. The molecule has 5 heteroatoms. The molecule has 0 spiro atoms. The number of halogens is 2. The maximum absolute atomic E-state index is 13.8. The van der Waals surface area contributed by atoms with Crippen LogP contribution < -0.4 is 15.6 Å². The average molecular weight is 362 g/mol. The lowest BCUT2D eigenvalue weighted by Crippen LogP contribution is -2.48. The highest BCUT2D eigenvalue weighted by Gasteiger charge is 2.27. The van der Waals surface area contributed by atoms with E-state index in [1.165, 1.54) is 12.1 Å². The lowest BCUT2D eigenvalue weighted by atomic mass is 9.55. The molecule has 126 valence electrons. The quantitative estimate of drug-likeness (QED) is 0.508. The molecule has 1 heterocycles. The molecule has 26 heavy (non-hydrogen) atoms. The summed E-state index contributed by atoms with van der Waals surface area (Å²) in [7, 11) is 0. The molecule has 0 unspecified atom stereocenters. The average Bonchev–Trinajstić information content (AvgIpc) is 2.67. The molecule has 0 N–H and O–H groups in total. The number of para-hydroxylation sites is 1. The van der Waals surface area contributed by atoms with Gasteiger partial charge in [0.2, 0.25) is 0 Å². The van der Waals surface area contributed by atoms with Crippen LogP contribution in [0.25, 0.3) is 10.9 Å². The molecular formula is C21H14BClFNO. The number of hydrogen-bond acceptors (Lipinski definition) is 2. The first-order chi connectivity index (χ1) is 12.7. The second-order valence-electron chi connectivity index (χ2n) is 5.91. The van der Waals surface area contributed by atoms with Crippen molar-refractivity contribution in [2.75, 3.05) is 0 Å². The van der Waals surface area contributed by atoms with Crippen LogP contribution in [0.2, 0.25) is 5.02 Å². The van der Waals surface area contributed by atoms with E-state index in [2.05, 4.69) is 4.98 Å². The molecule has 0 amide bonds. The molecule has 4 rings (SSSR count). The Morgan fingerprint density at radius 3 is 2.54 bits per heavy atom. The maximum Gasteiger partial charge on any atom is 0.428 e. The van der Waals surface area contributed by atoms with E-state index < -0.39 is 6.92 Å². The highest BCUT2D eigenvalue weighted by atomic mass is 35.5. The third-order valence-electron chi connectivity index (χ3n) is 4.18. The van der Waals surface area contributed by atoms with E-state index in [0.29, 0.717) is 16.2 Å². The lowest BCUT2D eigenvalue weighted by Gasteiger charge is -2.18. The van der Waals surface area contributed by atoms with E-state index in [0.717, 1.165) is 16.4 Å². The van der Waals surface area contributed by atoms with E-state index in [9.17, 15) is 4.39 Å². The van der Waals surface area contributed by atoms with E-state index in [4.69, 9.17) is 16.3 Å². The Morgan fingerprint density at radius 2 is 1.69 bits per heavy atom. The number of benzene rings is 3. The first-order valence-corrected chi connectivity index (χ1v) is 8.60. The summed E-state index contributed by atoms with van der Waals surface area (Å²) in [5.74, 6) is 0.302. The fourth-order valence-electron chi connectivity index (χ4n) is 2.97. The topological polar surface area (TPSA) is 22.1 Å². The van der Waals surface area contributed by atoms with Crippen molar-refractivity contribution in [1.29, 1.82) is 0 Å². The molecule has 2 nitrogen and oxygen atoms in total. The molecule has 0 atom stereocenters. The van der Waals surface area contributed by atoms with Crippen LogP contribution in [-0.4, -0.2) is 11.9 Å². The van der Waals surface area contributed by atoms with Crippen LogP contribution >= 0.6 is 11.6 Å². The molecule has 0 radical (unpaired) electrons. The van der Waals surface area contributed by atoms with Crippen LogP contribution in [0.5, 0.6) is 5.75 Å². The van der Waals surface area contributed by atoms with Crippen LogP contribution in [0.4, 0.5) is 4.39 Å². The number of hydrogen-bond donors (Lipinski definition) is 0. The molecule has 1 aromatic heterocycles. The van der Waals surface area contributed by atoms with Gasteiger partial charge < -0.3 is 4.65 Å². The van der Waals surface area contributed by atoms with Gasteiger partial charge in [-0.25, -0.2) is 4.39 Å². The Morgan fingerprint density at radius 1 is 0.885 bits per heavy atom. The maximum atomic E-state index is 13.8. The number of rotatable bonds is 4. The van der Waals surface area contributed by atoms with Gasteiger partial charge in [-0.05, 0) is 41.3 Å². The SMILES string of the molecule is Fc1cccc(B(Oc2cccc3cccnc23)c2ccccc2Cl)c1. The van der Waals surface area contributed by atoms with E-state index in [1.807, 2.05) is 54.6 Å². The number of fused-ring (bicyclic) bond motifs is 1. The van der Waals surface area contributed by atoms with Crippen LogP contribution in [0, 0.1) is 5.82 Å². The lowest BCUT2D eigenvalue weighted by molar-refractivity contribution is 0.595. The minimum atomic E-state index is -0.549. The number of aromatic nitrogens is 1. The predicted octanol–water partition coefficient (Wildman–Crippen LogP) is 4.21. The Kier molecular flexibility index (Phi) is 4.59. The normalized spacial score (nSPS) is 10.7. The van der Waals surface area contributed by atoms with Gasteiger partial charge in [0.25, 0.3) is 0 Å². The van der Waals surface area contributed by atoms with Crippen molar-refractivity contribution in [3.8, 4) is 5.75 Å². The van der Waals surface area contributed by atoms with Gasteiger partial charge in [-0.3, -0.25) is 4.98 Å². The van der Waals surface area contributed by atoms with Crippen molar-refractivity contribution in [3.05, 3.63) is 95.9 Å². The van der Waals surface area contributed by atoms with E-state index >= 15 is 0 Å². The molecule has 0 aliphatic carbocycles. The minimum Gasteiger partial charge on any atom is -0.550 e. The minimum absolute atomic E-state index is 0.320. The monoisotopic (exact) mass is 361 g/mol. The Bertz CT molecular complexity index is 1070. The highest BCUT2D eigenvalue weighted by molar-refractivity contribution is 6.82. The summed E-state index contributed by atoms with van der Waals surface area (Å²) in [4.78, 5) is 4.43. The molecular weight excluding hydrogens is 348 g/mol. The fourth-order valence-corrected chi connectivity index (χ4v) is 3.20. The van der Waals surface area contributed by atoms with Gasteiger partial charge >= 0.3 is 6.92 Å². The largest absolute Gasteiger partial charge is 0.550 e. The van der Waals surface area contributed by atoms with Crippen LogP contribution in [-0.2, 0) is 0 Å². The van der Waals surface area contributed by atoms with E-state index in [-0.39, 0.29) is 5.82 Å². The summed E-state index contributed by atoms with van der Waals surface area (Å²) in [6.07, 6.45) is 1.72. The fraction of sp³-hybridized carbons (Fsp3) is 0. The van der Waals surface area contributed by atoms with Crippen molar-refractivity contribution in [2.45, 2.75) is 0 Å². The standard InChI is InChI=1S/C21H14BClFNO/c23-19-11-2-1-10-18(19)22(16-8-4-9-17(24)14-16)26-20-12-3-6-15-7-5-13-25-21(15)20/h1-14H. The van der Waals surface area contributed by atoms with Gasteiger partial charge in [-0.15, -0.1) is 0 Å². The van der Waals surface area contributed by atoms with Crippen LogP contribution in [0.1, 0.15) is 0 Å². The van der Waals surface area contributed by atoms with Gasteiger partial charge in [-0.1, -0.05) is 60.1 Å². The van der Waals surface area contributed by atoms with E-state index in [1.54, 1.807) is 18.3 Å². The number of nitrogens with zero attached hydrogens (tertiary/aromatic N) is 1. The van der Waals surface area contributed by atoms with Crippen LogP contribution in [0.3, 0.4) is 0 Å². The molecule has 0 aliphatic heterocycles. The summed E-state index contributed by atoms with van der Waals surface area (Å²) in [5, 5.41) is 1.54. The Balaban J connectivity index is 1.84. The van der Waals surface area contributed by atoms with Crippen molar-refractivity contribution in [2.24, 2.45) is 0 Å². The highest BCUT2D eigenvalue weighted by Crippen LogP contribution is 2.24. The molecule has 0 bridgehead atoms. The van der Waals surface area contributed by atoms with Gasteiger partial charge in [0.1, 0.15) is 17.1 Å². The Hall–Kier alpha value is -2.85. The summed E-state index contributed by atoms with van der Waals surface area (Å²) < 4.78 is 20.2. The van der Waals surface area contributed by atoms with Crippen molar-refractivity contribution in [1.82, 2.24) is 4.98 Å². The second-order valence-corrected chi connectivity index (χ2v) is 6.31. The van der Waals surface area contributed by atoms with Crippen molar-refractivity contribution < 1.29 is 9.04 Å². The molecule has 4 aromatic rings. The Labute approximate surface area is 156 Å². The van der Waals surface area contributed by atoms with Crippen LogP contribution in [0.15, 0.2) is 85.1 Å². The molecule has 0 fully saturated rings. The van der Waals surface area contributed by atoms with Crippen molar-refractivity contribution in [3.63, 3.8) is 0 Å². The zero-order chi connectivity index (χ0) is 17.9. The molecule has 0 aliphatic rings. The third-order valence-corrected chi connectivity index (χ3v) is 4.52. The zero-order valence-electron chi connectivity index (χ0n) is 13.8. The first kappa shape index (κ1) is 16.6.